The molecule has 1 unspecified atom stereocenters. The zero-order chi connectivity index (χ0) is 24.7. The molecule has 0 saturated heterocycles. The van der Waals surface area contributed by atoms with E-state index in [1.165, 1.54) is 30.0 Å². The van der Waals surface area contributed by atoms with Gasteiger partial charge in [0.1, 0.15) is 0 Å². The summed E-state index contributed by atoms with van der Waals surface area (Å²) in [6.45, 7) is 7.66. The van der Waals surface area contributed by atoms with Crippen LogP contribution < -0.4 is 10.6 Å². The van der Waals surface area contributed by atoms with Crippen molar-refractivity contribution in [2.45, 2.75) is 31.6 Å². The molecule has 0 bridgehead atoms. The normalized spacial score (nSPS) is 11.5. The largest absolute Gasteiger partial charge is 0.342 e. The molecule has 0 spiro atoms. The standard InChI is InChI=1S/C23H24N6O4S/c1-4-12-28-21(16(3)24-22(31)17-8-6-5-7-9-17)26-27-23(28)34-14-20(30)25-19-11-10-18(29(32)33)13-15(19)2/h4-11,13,16H,1,12,14H2,2-3H3,(H,24,31)(H,25,30). The molecule has 11 heteroatoms. The molecule has 0 saturated carbocycles. The lowest BCUT2D eigenvalue weighted by atomic mass is 10.2. The third kappa shape index (κ3) is 6.07. The number of benzene rings is 2. The van der Waals surface area contributed by atoms with E-state index in [0.29, 0.717) is 34.3 Å². The fourth-order valence-corrected chi connectivity index (χ4v) is 3.93. The number of thioether (sulfide) groups is 1. The molecule has 0 fully saturated rings. The van der Waals surface area contributed by atoms with Crippen LogP contribution in [0.25, 0.3) is 0 Å². The SMILES string of the molecule is C=CCn1c(SCC(=O)Nc2ccc([N+](=O)[O-])cc2C)nnc1C(C)NC(=O)c1ccccc1. The van der Waals surface area contributed by atoms with E-state index in [1.807, 2.05) is 13.0 Å². The second-order valence-electron chi connectivity index (χ2n) is 7.39. The smallest absolute Gasteiger partial charge is 0.269 e. The number of non-ortho nitro benzene ring substituents is 1. The molecule has 0 radical (unpaired) electrons. The van der Waals surface area contributed by atoms with Crippen LogP contribution in [0.3, 0.4) is 0 Å². The third-order valence-electron chi connectivity index (χ3n) is 4.86. The Kier molecular flexibility index (Phi) is 8.14. The van der Waals surface area contributed by atoms with Gasteiger partial charge in [0.2, 0.25) is 5.91 Å². The molecule has 0 aliphatic carbocycles. The predicted molar refractivity (Wildman–Crippen MR) is 130 cm³/mol. The maximum absolute atomic E-state index is 12.5. The van der Waals surface area contributed by atoms with Gasteiger partial charge >= 0.3 is 0 Å². The van der Waals surface area contributed by atoms with E-state index in [2.05, 4.69) is 27.4 Å². The Bertz CT molecular complexity index is 1210. The molecule has 1 atom stereocenters. The Morgan fingerprint density at radius 3 is 2.62 bits per heavy atom. The van der Waals surface area contributed by atoms with E-state index in [-0.39, 0.29) is 23.3 Å². The summed E-state index contributed by atoms with van der Waals surface area (Å²) >= 11 is 1.19. The van der Waals surface area contributed by atoms with Crippen LogP contribution in [-0.2, 0) is 11.3 Å². The van der Waals surface area contributed by atoms with Crippen molar-refractivity contribution in [1.29, 1.82) is 0 Å². The highest BCUT2D eigenvalue weighted by atomic mass is 32.2. The van der Waals surface area contributed by atoms with Crippen LogP contribution in [0.5, 0.6) is 0 Å². The van der Waals surface area contributed by atoms with Crippen LogP contribution in [0.4, 0.5) is 11.4 Å². The summed E-state index contributed by atoms with van der Waals surface area (Å²) in [5.41, 5.74) is 1.59. The van der Waals surface area contributed by atoms with E-state index < -0.39 is 11.0 Å². The lowest BCUT2D eigenvalue weighted by Gasteiger charge is -2.15. The molecule has 10 nitrogen and oxygen atoms in total. The maximum atomic E-state index is 12.5. The van der Waals surface area contributed by atoms with E-state index in [9.17, 15) is 19.7 Å². The van der Waals surface area contributed by atoms with Crippen molar-refractivity contribution < 1.29 is 14.5 Å². The van der Waals surface area contributed by atoms with Crippen molar-refractivity contribution in [2.24, 2.45) is 0 Å². The summed E-state index contributed by atoms with van der Waals surface area (Å²) in [5.74, 6) is 0.0740. The van der Waals surface area contributed by atoms with Crippen molar-refractivity contribution in [1.82, 2.24) is 20.1 Å². The van der Waals surface area contributed by atoms with Gasteiger partial charge in [-0.25, -0.2) is 0 Å². The van der Waals surface area contributed by atoms with Crippen LogP contribution in [0, 0.1) is 17.0 Å². The summed E-state index contributed by atoms with van der Waals surface area (Å²) in [6, 6.07) is 12.7. The summed E-state index contributed by atoms with van der Waals surface area (Å²) < 4.78 is 1.79. The van der Waals surface area contributed by atoms with Crippen LogP contribution in [0.1, 0.15) is 34.7 Å². The fourth-order valence-electron chi connectivity index (χ4n) is 3.18. The summed E-state index contributed by atoms with van der Waals surface area (Å²) in [7, 11) is 0. The first-order valence-corrected chi connectivity index (χ1v) is 11.4. The van der Waals surface area contributed by atoms with Crippen molar-refractivity contribution in [3.63, 3.8) is 0 Å². The van der Waals surface area contributed by atoms with E-state index in [0.717, 1.165) is 0 Å². The average Bonchev–Trinajstić information content (AvgIpc) is 3.22. The Labute approximate surface area is 200 Å². The number of allylic oxidation sites excluding steroid dienone is 1. The molecule has 176 valence electrons. The molecule has 0 aliphatic heterocycles. The second-order valence-corrected chi connectivity index (χ2v) is 8.34. The summed E-state index contributed by atoms with van der Waals surface area (Å²) in [4.78, 5) is 35.4. The summed E-state index contributed by atoms with van der Waals surface area (Å²) in [6.07, 6.45) is 1.68. The highest BCUT2D eigenvalue weighted by Crippen LogP contribution is 2.24. The van der Waals surface area contributed by atoms with Gasteiger partial charge in [0.05, 0.1) is 16.7 Å². The maximum Gasteiger partial charge on any atom is 0.269 e. The van der Waals surface area contributed by atoms with Gasteiger partial charge in [-0.2, -0.15) is 0 Å². The van der Waals surface area contributed by atoms with Gasteiger partial charge in [0, 0.05) is 29.9 Å². The molecule has 2 N–H and O–H groups in total. The van der Waals surface area contributed by atoms with E-state index in [4.69, 9.17) is 0 Å². The quantitative estimate of drug-likeness (QED) is 0.195. The number of aromatic nitrogens is 3. The van der Waals surface area contributed by atoms with Gasteiger partial charge in [-0.1, -0.05) is 36.0 Å². The van der Waals surface area contributed by atoms with Gasteiger partial charge < -0.3 is 15.2 Å². The average molecular weight is 481 g/mol. The Morgan fingerprint density at radius 2 is 1.97 bits per heavy atom. The highest BCUT2D eigenvalue weighted by Gasteiger charge is 2.20. The Balaban J connectivity index is 1.66. The van der Waals surface area contributed by atoms with Crippen molar-refractivity contribution >= 4 is 35.0 Å². The number of hydrogen-bond donors (Lipinski definition) is 2. The molecular formula is C23H24N6O4S. The van der Waals surface area contributed by atoms with Gasteiger partial charge in [-0.05, 0) is 37.6 Å². The highest BCUT2D eigenvalue weighted by molar-refractivity contribution is 7.99. The molecule has 0 aliphatic rings. The zero-order valence-corrected chi connectivity index (χ0v) is 19.5. The van der Waals surface area contributed by atoms with Crippen LogP contribution >= 0.6 is 11.8 Å². The lowest BCUT2D eigenvalue weighted by molar-refractivity contribution is -0.384. The van der Waals surface area contributed by atoms with Crippen LogP contribution in [0.2, 0.25) is 0 Å². The number of carbonyl (C=O) groups is 2. The molecule has 1 aromatic heterocycles. The van der Waals surface area contributed by atoms with Crippen molar-refractivity contribution in [3.05, 3.63) is 88.3 Å². The molecule has 3 rings (SSSR count). The predicted octanol–water partition coefficient (Wildman–Crippen LogP) is 3.90. The molecule has 1 heterocycles. The molecule has 3 aromatic rings. The minimum absolute atomic E-state index is 0.0385. The summed E-state index contributed by atoms with van der Waals surface area (Å²) in [5, 5.41) is 25.5. The van der Waals surface area contributed by atoms with Crippen molar-refractivity contribution in [2.75, 3.05) is 11.1 Å². The Morgan fingerprint density at radius 1 is 1.24 bits per heavy atom. The number of amides is 2. The fraction of sp³-hybridized carbons (Fsp3) is 0.217. The third-order valence-corrected chi connectivity index (χ3v) is 5.82. The van der Waals surface area contributed by atoms with Crippen molar-refractivity contribution in [3.8, 4) is 0 Å². The number of aryl methyl sites for hydroxylation is 1. The van der Waals surface area contributed by atoms with Gasteiger partial charge in [0.25, 0.3) is 11.6 Å². The molecule has 2 aromatic carbocycles. The number of hydrogen-bond acceptors (Lipinski definition) is 7. The molecule has 2 amide bonds. The van der Waals surface area contributed by atoms with E-state index in [1.54, 1.807) is 41.8 Å². The molecular weight excluding hydrogens is 456 g/mol. The molecule has 34 heavy (non-hydrogen) atoms. The minimum atomic E-state index is -0.484. The first-order chi connectivity index (χ1) is 16.3. The Hall–Kier alpha value is -3.99. The van der Waals surface area contributed by atoms with Gasteiger partial charge in [-0.15, -0.1) is 16.8 Å². The minimum Gasteiger partial charge on any atom is -0.342 e. The lowest BCUT2D eigenvalue weighted by Crippen LogP contribution is -2.28. The van der Waals surface area contributed by atoms with Crippen LogP contribution in [-0.4, -0.2) is 37.3 Å². The van der Waals surface area contributed by atoms with E-state index >= 15 is 0 Å². The number of anilines is 1. The van der Waals surface area contributed by atoms with Crippen LogP contribution in [0.15, 0.2) is 66.3 Å². The topological polar surface area (TPSA) is 132 Å². The first kappa shape index (κ1) is 24.6. The number of nitro benzene ring substituents is 1. The number of carbonyl (C=O) groups excluding carboxylic acids is 2. The van der Waals surface area contributed by atoms with Gasteiger partial charge in [0.15, 0.2) is 11.0 Å². The zero-order valence-electron chi connectivity index (χ0n) is 18.7. The number of nitrogens with zero attached hydrogens (tertiary/aromatic N) is 4. The van der Waals surface area contributed by atoms with Gasteiger partial charge in [-0.3, -0.25) is 19.7 Å². The first-order valence-electron chi connectivity index (χ1n) is 10.4. The number of nitrogens with one attached hydrogen (secondary N) is 2. The number of nitro groups is 1. The number of rotatable bonds is 10. The monoisotopic (exact) mass is 480 g/mol. The second kappa shape index (κ2) is 11.2.